The quantitative estimate of drug-likeness (QED) is 0.574. The fraction of sp³-hybridized carbons (Fsp3) is 0.800. The van der Waals surface area contributed by atoms with Crippen molar-refractivity contribution < 1.29 is 4.79 Å². The first-order chi connectivity index (χ1) is 7.35. The molecular weight excluding hydrogens is 192 g/mol. The summed E-state index contributed by atoms with van der Waals surface area (Å²) < 4.78 is 0. The smallest absolute Gasteiger partial charge is 0.216 e. The van der Waals surface area contributed by atoms with Gasteiger partial charge in [0, 0.05) is 32.7 Å². The summed E-state index contributed by atoms with van der Waals surface area (Å²) >= 11 is 0. The van der Waals surface area contributed by atoms with Crippen molar-refractivity contribution in [3.63, 3.8) is 0 Å². The average Bonchev–Trinajstić information content (AvgIpc) is 2.77. The number of carbonyl (C=O) groups excluding carboxylic acids is 1. The monoisotopic (exact) mass is 210 g/mol. The fourth-order valence-corrected chi connectivity index (χ4v) is 2.09. The molecule has 0 aromatic carbocycles. The van der Waals surface area contributed by atoms with Gasteiger partial charge in [-0.25, -0.2) is 0 Å². The van der Waals surface area contributed by atoms with Crippen LogP contribution in [-0.2, 0) is 4.79 Å². The molecule has 1 fully saturated rings. The molecule has 2 aliphatic rings. The van der Waals surface area contributed by atoms with Crippen molar-refractivity contribution in [3.8, 4) is 0 Å². The van der Waals surface area contributed by atoms with E-state index in [4.69, 9.17) is 0 Å². The minimum absolute atomic E-state index is 0.743. The third-order valence-electron chi connectivity index (χ3n) is 3.08. The van der Waals surface area contributed by atoms with E-state index in [1.54, 1.807) is 4.90 Å². The first-order valence-corrected chi connectivity index (χ1v) is 5.59. The minimum atomic E-state index is 0.743. The van der Waals surface area contributed by atoms with Gasteiger partial charge in [-0.15, -0.1) is 0 Å². The number of carbonyl (C=O) groups is 1. The van der Waals surface area contributed by atoms with Crippen LogP contribution in [0, 0.1) is 0 Å². The van der Waals surface area contributed by atoms with Crippen LogP contribution in [-0.4, -0.2) is 72.9 Å². The molecule has 0 spiro atoms. The predicted octanol–water partition coefficient (Wildman–Crippen LogP) is -0.548. The Kier molecular flexibility index (Phi) is 3.20. The molecule has 5 heteroatoms. The Balaban J connectivity index is 1.92. The molecule has 15 heavy (non-hydrogen) atoms. The second-order valence-electron chi connectivity index (χ2n) is 3.90. The van der Waals surface area contributed by atoms with Crippen molar-refractivity contribution in [2.24, 2.45) is 4.99 Å². The van der Waals surface area contributed by atoms with Gasteiger partial charge in [0.2, 0.25) is 12.4 Å². The van der Waals surface area contributed by atoms with E-state index < -0.39 is 0 Å². The van der Waals surface area contributed by atoms with Gasteiger partial charge in [0.05, 0.1) is 6.54 Å². The molecule has 84 valence electrons. The number of piperazine rings is 1. The molecular formula is C10H18N4O. The topological polar surface area (TPSA) is 39.1 Å². The maximum absolute atomic E-state index is 10.8. The van der Waals surface area contributed by atoms with Gasteiger partial charge in [-0.2, -0.15) is 0 Å². The van der Waals surface area contributed by atoms with Crippen LogP contribution in [0.4, 0.5) is 0 Å². The molecule has 2 aliphatic heterocycles. The van der Waals surface area contributed by atoms with Crippen LogP contribution >= 0.6 is 0 Å². The Bertz CT molecular complexity index is 258. The van der Waals surface area contributed by atoms with Crippen molar-refractivity contribution >= 4 is 12.4 Å². The zero-order valence-electron chi connectivity index (χ0n) is 9.22. The van der Waals surface area contributed by atoms with Crippen molar-refractivity contribution in [2.75, 3.05) is 45.8 Å². The lowest BCUT2D eigenvalue weighted by atomic mass is 10.3. The highest BCUT2D eigenvalue weighted by Gasteiger charge is 2.25. The van der Waals surface area contributed by atoms with Gasteiger partial charge in [0.1, 0.15) is 0 Å². The molecule has 0 radical (unpaired) electrons. The molecule has 0 aliphatic carbocycles. The highest BCUT2D eigenvalue weighted by molar-refractivity contribution is 5.90. The molecule has 0 N–H and O–H groups in total. The zero-order valence-corrected chi connectivity index (χ0v) is 9.22. The van der Waals surface area contributed by atoms with Gasteiger partial charge in [0.25, 0.3) is 0 Å². The SMILES string of the molecule is CCN1CCN(C2=NCCN2C=O)CC1. The summed E-state index contributed by atoms with van der Waals surface area (Å²) in [6, 6.07) is 0. The van der Waals surface area contributed by atoms with Crippen LogP contribution in [0.2, 0.25) is 0 Å². The van der Waals surface area contributed by atoms with Crippen molar-refractivity contribution in [1.82, 2.24) is 14.7 Å². The molecule has 1 amide bonds. The summed E-state index contributed by atoms with van der Waals surface area (Å²) in [4.78, 5) is 21.5. The molecule has 2 rings (SSSR count). The normalized spacial score (nSPS) is 23.1. The lowest BCUT2D eigenvalue weighted by Crippen LogP contribution is -2.52. The summed E-state index contributed by atoms with van der Waals surface area (Å²) in [5.41, 5.74) is 0. The van der Waals surface area contributed by atoms with Gasteiger partial charge in [0.15, 0.2) is 0 Å². The van der Waals surface area contributed by atoms with Gasteiger partial charge < -0.3 is 9.80 Å². The average molecular weight is 210 g/mol. The van der Waals surface area contributed by atoms with Crippen LogP contribution in [0.5, 0.6) is 0 Å². The molecule has 2 heterocycles. The summed E-state index contributed by atoms with van der Waals surface area (Å²) in [7, 11) is 0. The Morgan fingerprint density at radius 2 is 2.00 bits per heavy atom. The van der Waals surface area contributed by atoms with Crippen molar-refractivity contribution in [3.05, 3.63) is 0 Å². The number of amides is 1. The Morgan fingerprint density at radius 3 is 2.60 bits per heavy atom. The first-order valence-electron chi connectivity index (χ1n) is 5.59. The number of aliphatic imine (C=N–C) groups is 1. The number of hydrogen-bond acceptors (Lipinski definition) is 4. The Morgan fingerprint density at radius 1 is 1.27 bits per heavy atom. The minimum Gasteiger partial charge on any atom is -0.340 e. The van der Waals surface area contributed by atoms with Gasteiger partial charge >= 0.3 is 0 Å². The summed E-state index contributed by atoms with van der Waals surface area (Å²) in [5.74, 6) is 0.876. The molecule has 0 aromatic rings. The maximum atomic E-state index is 10.8. The van der Waals surface area contributed by atoms with Crippen molar-refractivity contribution in [1.29, 1.82) is 0 Å². The second-order valence-corrected chi connectivity index (χ2v) is 3.90. The van der Waals surface area contributed by atoms with E-state index in [0.717, 1.165) is 58.2 Å². The molecule has 1 saturated heterocycles. The van der Waals surface area contributed by atoms with E-state index in [1.165, 1.54) is 0 Å². The van der Waals surface area contributed by atoms with Gasteiger partial charge in [-0.3, -0.25) is 14.7 Å². The van der Waals surface area contributed by atoms with E-state index in [9.17, 15) is 4.79 Å². The van der Waals surface area contributed by atoms with Gasteiger partial charge in [-0.1, -0.05) is 6.92 Å². The number of nitrogens with zero attached hydrogens (tertiary/aromatic N) is 4. The molecule has 5 nitrogen and oxygen atoms in total. The van der Waals surface area contributed by atoms with Crippen LogP contribution in [0.25, 0.3) is 0 Å². The fourth-order valence-electron chi connectivity index (χ4n) is 2.09. The number of guanidine groups is 1. The third kappa shape index (κ3) is 2.12. The largest absolute Gasteiger partial charge is 0.340 e. The summed E-state index contributed by atoms with van der Waals surface area (Å²) in [5, 5.41) is 0. The Labute approximate surface area is 90.3 Å². The highest BCUT2D eigenvalue weighted by Crippen LogP contribution is 2.08. The highest BCUT2D eigenvalue weighted by atomic mass is 16.1. The van der Waals surface area contributed by atoms with E-state index in [-0.39, 0.29) is 0 Å². The Hall–Kier alpha value is -1.10. The van der Waals surface area contributed by atoms with Crippen LogP contribution < -0.4 is 0 Å². The number of hydrogen-bond donors (Lipinski definition) is 0. The maximum Gasteiger partial charge on any atom is 0.216 e. The number of rotatable bonds is 2. The van der Waals surface area contributed by atoms with E-state index >= 15 is 0 Å². The molecule has 0 aromatic heterocycles. The third-order valence-corrected chi connectivity index (χ3v) is 3.08. The zero-order chi connectivity index (χ0) is 10.7. The predicted molar refractivity (Wildman–Crippen MR) is 58.8 cm³/mol. The molecule has 0 bridgehead atoms. The molecule has 0 unspecified atom stereocenters. The van der Waals surface area contributed by atoms with Crippen LogP contribution in [0.15, 0.2) is 4.99 Å². The standard InChI is InChI=1S/C10H18N4O/c1-2-12-5-7-13(8-6-12)10-11-3-4-14(10)9-15/h9H,2-8H2,1H3. The summed E-state index contributed by atoms with van der Waals surface area (Å²) in [6.07, 6.45) is 0.887. The van der Waals surface area contributed by atoms with Crippen LogP contribution in [0.3, 0.4) is 0 Å². The summed E-state index contributed by atoms with van der Waals surface area (Å²) in [6.45, 7) is 8.89. The van der Waals surface area contributed by atoms with E-state index in [2.05, 4.69) is 21.7 Å². The first kappa shape index (κ1) is 10.4. The van der Waals surface area contributed by atoms with E-state index in [1.807, 2.05) is 0 Å². The van der Waals surface area contributed by atoms with Crippen molar-refractivity contribution in [2.45, 2.75) is 6.92 Å². The molecule has 0 atom stereocenters. The second kappa shape index (κ2) is 4.61. The molecule has 0 saturated carbocycles. The van der Waals surface area contributed by atoms with Gasteiger partial charge in [-0.05, 0) is 6.54 Å². The van der Waals surface area contributed by atoms with E-state index in [0.29, 0.717) is 0 Å². The number of likely N-dealkylation sites (N-methyl/N-ethyl adjacent to an activating group) is 1. The lowest BCUT2D eigenvalue weighted by molar-refractivity contribution is -0.114. The van der Waals surface area contributed by atoms with Crippen LogP contribution in [0.1, 0.15) is 6.92 Å². The lowest BCUT2D eigenvalue weighted by Gasteiger charge is -2.36.